The molecule has 0 bridgehead atoms. The maximum atomic E-state index is 5.02. The van der Waals surface area contributed by atoms with E-state index in [2.05, 4.69) is 45.3 Å². The number of nitrogens with one attached hydrogen (secondary N) is 3. The summed E-state index contributed by atoms with van der Waals surface area (Å²) in [7, 11) is 1.76. The van der Waals surface area contributed by atoms with Crippen LogP contribution in [-0.4, -0.2) is 20.2 Å². The molecule has 0 aliphatic carbocycles. The summed E-state index contributed by atoms with van der Waals surface area (Å²) in [6.45, 7) is 3.70. The van der Waals surface area contributed by atoms with Crippen LogP contribution in [-0.2, 0) is 4.84 Å². The molecule has 0 aliphatic rings. The number of hydrazine groups is 1. The quantitative estimate of drug-likeness (QED) is 0.508. The molecule has 0 fully saturated rings. The highest BCUT2D eigenvalue weighted by molar-refractivity contribution is 9.10. The molecule has 1 aromatic carbocycles. The molecule has 1 atom stereocenters. The first kappa shape index (κ1) is 14.6. The normalized spacial score (nSPS) is 12.6. The zero-order chi connectivity index (χ0) is 12.5. The third kappa shape index (κ3) is 5.61. The first-order valence-corrected chi connectivity index (χ1v) is 6.56. The van der Waals surface area contributed by atoms with Crippen molar-refractivity contribution in [2.24, 2.45) is 0 Å². The van der Waals surface area contributed by atoms with E-state index in [1.807, 2.05) is 18.2 Å². The Kier molecular flexibility index (Phi) is 7.39. The SMILES string of the molecule is CNOCCCNNC(C)c1ccccc1Br. The van der Waals surface area contributed by atoms with E-state index < -0.39 is 0 Å². The number of hydrogen-bond acceptors (Lipinski definition) is 4. The van der Waals surface area contributed by atoms with Crippen molar-refractivity contribution in [1.82, 2.24) is 16.3 Å². The molecule has 0 radical (unpaired) electrons. The molecule has 0 heterocycles. The van der Waals surface area contributed by atoms with Crippen molar-refractivity contribution >= 4 is 15.9 Å². The number of rotatable bonds is 8. The van der Waals surface area contributed by atoms with Crippen LogP contribution in [0.25, 0.3) is 0 Å². The van der Waals surface area contributed by atoms with Gasteiger partial charge in [-0.2, -0.15) is 0 Å². The Labute approximate surface area is 111 Å². The average Bonchev–Trinajstić information content (AvgIpc) is 2.34. The standard InChI is InChI=1S/C12H20BrN3O/c1-10(11-6-3-4-7-12(11)13)16-15-8-5-9-17-14-2/h3-4,6-7,10,14-16H,5,8-9H2,1-2H3. The molecule has 0 amide bonds. The first-order valence-electron chi connectivity index (χ1n) is 5.77. The van der Waals surface area contributed by atoms with Crippen molar-refractivity contribution in [2.45, 2.75) is 19.4 Å². The van der Waals surface area contributed by atoms with Crippen molar-refractivity contribution in [3.8, 4) is 0 Å². The molecule has 96 valence electrons. The molecule has 3 N–H and O–H groups in total. The molecular weight excluding hydrogens is 282 g/mol. The number of hydrogen-bond donors (Lipinski definition) is 3. The molecule has 5 heteroatoms. The Morgan fingerprint density at radius 1 is 1.35 bits per heavy atom. The maximum Gasteiger partial charge on any atom is 0.0694 e. The van der Waals surface area contributed by atoms with E-state index in [-0.39, 0.29) is 6.04 Å². The van der Waals surface area contributed by atoms with E-state index in [0.29, 0.717) is 6.61 Å². The van der Waals surface area contributed by atoms with E-state index >= 15 is 0 Å². The molecule has 0 aliphatic heterocycles. The topological polar surface area (TPSA) is 45.3 Å². The van der Waals surface area contributed by atoms with Crippen LogP contribution in [0.3, 0.4) is 0 Å². The summed E-state index contributed by atoms with van der Waals surface area (Å²) in [6, 6.07) is 8.47. The average molecular weight is 302 g/mol. The summed E-state index contributed by atoms with van der Waals surface area (Å²) in [5, 5.41) is 0. The summed E-state index contributed by atoms with van der Waals surface area (Å²) in [4.78, 5) is 5.02. The second-order valence-electron chi connectivity index (χ2n) is 3.72. The van der Waals surface area contributed by atoms with Crippen LogP contribution in [0.4, 0.5) is 0 Å². The molecule has 0 spiro atoms. The van der Waals surface area contributed by atoms with Crippen LogP contribution in [0.1, 0.15) is 24.9 Å². The van der Waals surface area contributed by atoms with Gasteiger partial charge in [-0.1, -0.05) is 34.1 Å². The minimum atomic E-state index is 0.260. The summed E-state index contributed by atoms with van der Waals surface area (Å²) in [6.07, 6.45) is 0.955. The molecule has 1 rings (SSSR count). The van der Waals surface area contributed by atoms with Gasteiger partial charge in [0, 0.05) is 24.1 Å². The molecule has 0 saturated carbocycles. The summed E-state index contributed by atoms with van der Waals surface area (Å²) in [5.74, 6) is 0. The lowest BCUT2D eigenvalue weighted by molar-refractivity contribution is 0.0558. The van der Waals surface area contributed by atoms with E-state index in [1.165, 1.54) is 5.56 Å². The van der Waals surface area contributed by atoms with Crippen LogP contribution in [0.15, 0.2) is 28.7 Å². The van der Waals surface area contributed by atoms with Crippen molar-refractivity contribution in [2.75, 3.05) is 20.2 Å². The molecule has 17 heavy (non-hydrogen) atoms. The monoisotopic (exact) mass is 301 g/mol. The van der Waals surface area contributed by atoms with Crippen molar-refractivity contribution in [3.05, 3.63) is 34.3 Å². The molecular formula is C12H20BrN3O. The highest BCUT2D eigenvalue weighted by Gasteiger charge is 2.06. The summed E-state index contributed by atoms with van der Waals surface area (Å²) < 4.78 is 1.13. The zero-order valence-corrected chi connectivity index (χ0v) is 11.9. The first-order chi connectivity index (χ1) is 8.25. The second-order valence-corrected chi connectivity index (χ2v) is 4.57. The van der Waals surface area contributed by atoms with Gasteiger partial charge in [-0.25, -0.2) is 5.48 Å². The summed E-state index contributed by atoms with van der Waals surface area (Å²) >= 11 is 3.54. The predicted octanol–water partition coefficient (Wildman–Crippen LogP) is 2.15. The third-order valence-corrected chi connectivity index (χ3v) is 3.10. The fourth-order valence-electron chi connectivity index (χ4n) is 1.46. The Morgan fingerprint density at radius 2 is 2.12 bits per heavy atom. The third-order valence-electron chi connectivity index (χ3n) is 2.38. The fraction of sp³-hybridized carbons (Fsp3) is 0.500. The summed E-state index contributed by atoms with van der Waals surface area (Å²) in [5.41, 5.74) is 10.3. The van der Waals surface area contributed by atoms with Crippen LogP contribution >= 0.6 is 15.9 Å². The van der Waals surface area contributed by atoms with Gasteiger partial charge in [-0.3, -0.25) is 10.9 Å². The van der Waals surface area contributed by atoms with E-state index in [9.17, 15) is 0 Å². The van der Waals surface area contributed by atoms with Gasteiger partial charge in [0.2, 0.25) is 0 Å². The molecule has 0 saturated heterocycles. The minimum absolute atomic E-state index is 0.260. The van der Waals surface area contributed by atoms with E-state index in [4.69, 9.17) is 4.84 Å². The van der Waals surface area contributed by atoms with E-state index in [1.54, 1.807) is 7.05 Å². The van der Waals surface area contributed by atoms with Crippen molar-refractivity contribution < 1.29 is 4.84 Å². The van der Waals surface area contributed by atoms with Crippen LogP contribution in [0, 0.1) is 0 Å². The highest BCUT2D eigenvalue weighted by Crippen LogP contribution is 2.21. The van der Waals surface area contributed by atoms with Gasteiger partial charge in [-0.05, 0) is 25.0 Å². The number of benzene rings is 1. The van der Waals surface area contributed by atoms with Gasteiger partial charge >= 0.3 is 0 Å². The Hall–Kier alpha value is -0.460. The Bertz CT molecular complexity index is 322. The van der Waals surface area contributed by atoms with Gasteiger partial charge in [0.1, 0.15) is 0 Å². The molecule has 4 nitrogen and oxygen atoms in total. The van der Waals surface area contributed by atoms with Gasteiger partial charge in [0.15, 0.2) is 0 Å². The number of halogens is 1. The second kappa shape index (κ2) is 8.60. The molecule has 1 aromatic rings. The van der Waals surface area contributed by atoms with E-state index in [0.717, 1.165) is 17.4 Å². The largest absolute Gasteiger partial charge is 0.302 e. The molecule has 0 aromatic heterocycles. The van der Waals surface area contributed by atoms with Crippen molar-refractivity contribution in [3.63, 3.8) is 0 Å². The lowest BCUT2D eigenvalue weighted by Crippen LogP contribution is -2.35. The Balaban J connectivity index is 2.21. The van der Waals surface area contributed by atoms with Crippen LogP contribution in [0.2, 0.25) is 0 Å². The van der Waals surface area contributed by atoms with Gasteiger partial charge in [0.05, 0.1) is 6.61 Å². The van der Waals surface area contributed by atoms with Crippen molar-refractivity contribution in [1.29, 1.82) is 0 Å². The fourth-order valence-corrected chi connectivity index (χ4v) is 2.09. The van der Waals surface area contributed by atoms with Crippen LogP contribution < -0.4 is 16.3 Å². The van der Waals surface area contributed by atoms with Gasteiger partial charge < -0.3 is 4.84 Å². The maximum absolute atomic E-state index is 5.02. The minimum Gasteiger partial charge on any atom is -0.302 e. The predicted molar refractivity (Wildman–Crippen MR) is 73.3 cm³/mol. The zero-order valence-electron chi connectivity index (χ0n) is 10.3. The van der Waals surface area contributed by atoms with Crippen LogP contribution in [0.5, 0.6) is 0 Å². The lowest BCUT2D eigenvalue weighted by Gasteiger charge is -2.16. The smallest absolute Gasteiger partial charge is 0.0694 e. The van der Waals surface area contributed by atoms with Gasteiger partial charge in [0.25, 0.3) is 0 Å². The number of hydroxylamine groups is 1. The lowest BCUT2D eigenvalue weighted by atomic mass is 10.1. The Morgan fingerprint density at radius 3 is 2.82 bits per heavy atom. The molecule has 1 unspecified atom stereocenters. The van der Waals surface area contributed by atoms with Gasteiger partial charge in [-0.15, -0.1) is 0 Å². The highest BCUT2D eigenvalue weighted by atomic mass is 79.9.